The molecule has 0 radical (unpaired) electrons. The van der Waals surface area contributed by atoms with Gasteiger partial charge in [-0.2, -0.15) is 21.6 Å². The molecule has 13 heteroatoms. The summed E-state index contributed by atoms with van der Waals surface area (Å²) in [4.78, 5) is 19.6. The normalized spacial score (nSPS) is 11.7. The second-order valence-corrected chi connectivity index (χ2v) is 8.43. The first-order valence-corrected chi connectivity index (χ1v) is 11.0. The maximum Gasteiger partial charge on any atom is 0.417 e. The molecule has 0 spiro atoms. The van der Waals surface area contributed by atoms with Gasteiger partial charge in [0.1, 0.15) is 17.1 Å². The van der Waals surface area contributed by atoms with Gasteiger partial charge >= 0.3 is 12.1 Å². The van der Waals surface area contributed by atoms with Crippen molar-refractivity contribution in [3.8, 4) is 11.5 Å². The molecule has 2 heterocycles. The number of nitrogens with zero attached hydrogens (tertiary/aromatic N) is 2. The Labute approximate surface area is 191 Å². The number of anilines is 1. The lowest BCUT2D eigenvalue weighted by Crippen LogP contribution is -2.16. The fourth-order valence-corrected chi connectivity index (χ4v) is 3.68. The van der Waals surface area contributed by atoms with Crippen LogP contribution in [0.25, 0.3) is 0 Å². The molecule has 1 aromatic carbocycles. The molecule has 2 aromatic heterocycles. The number of carbonyl (C=O) groups is 1. The van der Waals surface area contributed by atoms with Gasteiger partial charge in [0, 0.05) is 24.1 Å². The predicted octanol–water partition coefficient (Wildman–Crippen LogP) is 4.92. The van der Waals surface area contributed by atoms with E-state index in [1.54, 1.807) is 6.92 Å². The highest BCUT2D eigenvalue weighted by Crippen LogP contribution is 2.31. The monoisotopic (exact) mass is 501 g/mol. The third-order valence-corrected chi connectivity index (χ3v) is 5.48. The molecular weight excluding hydrogens is 487 g/mol. The van der Waals surface area contributed by atoms with Gasteiger partial charge in [-0.15, -0.1) is 0 Å². The lowest BCUT2D eigenvalue weighted by atomic mass is 10.2. The highest BCUT2D eigenvalue weighted by atomic mass is 35.5. The molecule has 3 aromatic rings. The first kappa shape index (κ1) is 24.3. The Morgan fingerprint density at radius 2 is 1.88 bits per heavy atom. The summed E-state index contributed by atoms with van der Waals surface area (Å²) in [6.45, 7) is 1.63. The zero-order chi connectivity index (χ0) is 24.2. The minimum Gasteiger partial charge on any atom is -0.462 e. The van der Waals surface area contributed by atoms with Crippen LogP contribution in [0.15, 0.2) is 60.0 Å². The average molecular weight is 502 g/mol. The van der Waals surface area contributed by atoms with Crippen molar-refractivity contribution >= 4 is 33.3 Å². The first-order chi connectivity index (χ1) is 15.5. The van der Waals surface area contributed by atoms with E-state index < -0.39 is 32.8 Å². The highest BCUT2D eigenvalue weighted by molar-refractivity contribution is 7.92. The summed E-state index contributed by atoms with van der Waals surface area (Å²) < 4.78 is 76.0. The Hall–Kier alpha value is -3.38. The minimum absolute atomic E-state index is 0.0353. The van der Waals surface area contributed by atoms with Gasteiger partial charge in [0.15, 0.2) is 5.03 Å². The number of benzene rings is 1. The molecule has 33 heavy (non-hydrogen) atoms. The average Bonchev–Trinajstić information content (AvgIpc) is 2.74. The number of pyridine rings is 2. The van der Waals surface area contributed by atoms with Gasteiger partial charge in [0.25, 0.3) is 10.0 Å². The van der Waals surface area contributed by atoms with E-state index in [-0.39, 0.29) is 29.4 Å². The Bertz CT molecular complexity index is 1270. The van der Waals surface area contributed by atoms with Crippen LogP contribution in [-0.2, 0) is 20.9 Å². The van der Waals surface area contributed by atoms with Crippen LogP contribution >= 0.6 is 11.6 Å². The van der Waals surface area contributed by atoms with Gasteiger partial charge in [0.2, 0.25) is 0 Å². The molecule has 0 aliphatic carbocycles. The third kappa shape index (κ3) is 6.11. The summed E-state index contributed by atoms with van der Waals surface area (Å²) >= 11 is 5.87. The van der Waals surface area contributed by atoms with E-state index in [4.69, 9.17) is 21.1 Å². The number of carbonyl (C=O) groups excluding carboxylic acids is 1. The largest absolute Gasteiger partial charge is 0.462 e. The van der Waals surface area contributed by atoms with E-state index >= 15 is 0 Å². The standard InChI is InChI=1S/C20H15ClF3N3O5S/c1-2-31-19(28)16-8-14(4-5-17(16)32-15-7-13(21)10-25-11-15)27-33(29,30)18-6-3-12(9-26-18)20(22,23)24/h3-11,27H,2H2,1H3. The van der Waals surface area contributed by atoms with Crippen molar-refractivity contribution in [1.29, 1.82) is 0 Å². The summed E-state index contributed by atoms with van der Waals surface area (Å²) in [6, 6.07) is 6.54. The van der Waals surface area contributed by atoms with Crippen molar-refractivity contribution in [2.45, 2.75) is 18.1 Å². The Morgan fingerprint density at radius 1 is 1.12 bits per heavy atom. The van der Waals surface area contributed by atoms with Crippen LogP contribution in [0.1, 0.15) is 22.8 Å². The predicted molar refractivity (Wildman–Crippen MR) is 112 cm³/mol. The van der Waals surface area contributed by atoms with Crippen molar-refractivity contribution in [2.75, 3.05) is 11.3 Å². The molecule has 0 bridgehead atoms. The lowest BCUT2D eigenvalue weighted by molar-refractivity contribution is -0.137. The van der Waals surface area contributed by atoms with Crippen LogP contribution in [0, 0.1) is 0 Å². The van der Waals surface area contributed by atoms with E-state index in [2.05, 4.69) is 14.7 Å². The Balaban J connectivity index is 1.91. The zero-order valence-electron chi connectivity index (χ0n) is 16.8. The van der Waals surface area contributed by atoms with E-state index in [0.29, 0.717) is 17.3 Å². The van der Waals surface area contributed by atoms with Gasteiger partial charge in [-0.3, -0.25) is 9.71 Å². The van der Waals surface area contributed by atoms with Crippen molar-refractivity contribution in [1.82, 2.24) is 9.97 Å². The smallest absolute Gasteiger partial charge is 0.417 e. The quantitative estimate of drug-likeness (QED) is 0.458. The van der Waals surface area contributed by atoms with Crippen LogP contribution in [-0.4, -0.2) is 31.0 Å². The molecule has 0 fully saturated rings. The molecule has 174 valence electrons. The molecule has 0 aliphatic rings. The second-order valence-electron chi connectivity index (χ2n) is 6.36. The zero-order valence-corrected chi connectivity index (χ0v) is 18.3. The highest BCUT2D eigenvalue weighted by Gasteiger charge is 2.31. The number of hydrogen-bond acceptors (Lipinski definition) is 7. The Morgan fingerprint density at radius 3 is 2.48 bits per heavy atom. The molecule has 0 atom stereocenters. The molecular formula is C20H15ClF3N3O5S. The van der Waals surface area contributed by atoms with Gasteiger partial charge in [0.05, 0.1) is 23.4 Å². The van der Waals surface area contributed by atoms with Crippen LogP contribution in [0.2, 0.25) is 5.02 Å². The lowest BCUT2D eigenvalue weighted by Gasteiger charge is -2.14. The number of alkyl halides is 3. The van der Waals surface area contributed by atoms with Crippen molar-refractivity contribution in [2.24, 2.45) is 0 Å². The maximum absolute atomic E-state index is 12.7. The van der Waals surface area contributed by atoms with Gasteiger partial charge < -0.3 is 9.47 Å². The van der Waals surface area contributed by atoms with Crippen LogP contribution in [0.3, 0.4) is 0 Å². The molecule has 0 saturated carbocycles. The Kier molecular flexibility index (Phi) is 7.08. The van der Waals surface area contributed by atoms with E-state index in [1.807, 2.05) is 0 Å². The van der Waals surface area contributed by atoms with Gasteiger partial charge in [-0.25, -0.2) is 9.78 Å². The number of sulfonamides is 1. The number of rotatable bonds is 7. The van der Waals surface area contributed by atoms with Crippen molar-refractivity contribution < 1.29 is 35.9 Å². The molecule has 0 aliphatic heterocycles. The SMILES string of the molecule is CCOC(=O)c1cc(NS(=O)(=O)c2ccc(C(F)(F)F)cn2)ccc1Oc1cncc(Cl)c1. The van der Waals surface area contributed by atoms with Crippen LogP contribution < -0.4 is 9.46 Å². The summed E-state index contributed by atoms with van der Waals surface area (Å²) in [5.41, 5.74) is -1.28. The van der Waals surface area contributed by atoms with Crippen molar-refractivity contribution in [3.63, 3.8) is 0 Å². The van der Waals surface area contributed by atoms with Gasteiger partial charge in [-0.1, -0.05) is 11.6 Å². The van der Waals surface area contributed by atoms with E-state index in [0.717, 1.165) is 12.1 Å². The number of hydrogen-bond donors (Lipinski definition) is 1. The molecule has 0 unspecified atom stereocenters. The number of halogens is 4. The van der Waals surface area contributed by atoms with Gasteiger partial charge in [-0.05, 0) is 37.3 Å². The third-order valence-electron chi connectivity index (χ3n) is 3.97. The number of ether oxygens (including phenoxy) is 2. The fourth-order valence-electron chi connectivity index (χ4n) is 2.54. The topological polar surface area (TPSA) is 107 Å². The van der Waals surface area contributed by atoms with E-state index in [1.165, 1.54) is 30.6 Å². The second kappa shape index (κ2) is 9.63. The summed E-state index contributed by atoms with van der Waals surface area (Å²) in [6.07, 6.45) is -1.51. The molecule has 0 amide bonds. The summed E-state index contributed by atoms with van der Waals surface area (Å²) in [5.74, 6) is -0.542. The minimum atomic E-state index is -4.66. The van der Waals surface area contributed by atoms with Crippen LogP contribution in [0.4, 0.5) is 18.9 Å². The fraction of sp³-hybridized carbons (Fsp3) is 0.150. The summed E-state index contributed by atoms with van der Waals surface area (Å²) in [5, 5.41) is -0.350. The number of nitrogens with one attached hydrogen (secondary N) is 1. The first-order valence-electron chi connectivity index (χ1n) is 9.15. The molecule has 3 rings (SSSR count). The maximum atomic E-state index is 12.7. The van der Waals surface area contributed by atoms with Crippen LogP contribution in [0.5, 0.6) is 11.5 Å². The molecule has 0 saturated heterocycles. The molecule has 1 N–H and O–H groups in total. The number of esters is 1. The molecule has 8 nitrogen and oxygen atoms in total. The number of aromatic nitrogens is 2. The van der Waals surface area contributed by atoms with E-state index in [9.17, 15) is 26.4 Å². The van der Waals surface area contributed by atoms with Crippen molar-refractivity contribution in [3.05, 3.63) is 71.1 Å². The summed E-state index contributed by atoms with van der Waals surface area (Å²) in [7, 11) is -4.36.